The van der Waals surface area contributed by atoms with E-state index in [2.05, 4.69) is 37.2 Å². The monoisotopic (exact) mass is 395 g/mol. The van der Waals surface area contributed by atoms with Crippen molar-refractivity contribution >= 4 is 31.9 Å². The molecule has 1 rings (SSSR count). The minimum absolute atomic E-state index is 0.244. The average molecular weight is 397 g/mol. The Morgan fingerprint density at radius 1 is 1.21 bits per heavy atom. The Labute approximate surface area is 131 Å². The Hall–Kier alpha value is -0.140. The summed E-state index contributed by atoms with van der Waals surface area (Å²) < 4.78 is 17.9. The molecule has 0 aliphatic rings. The zero-order valence-electron chi connectivity index (χ0n) is 11.3. The molecule has 0 aromatic heterocycles. The second-order valence-corrected chi connectivity index (χ2v) is 5.61. The van der Waals surface area contributed by atoms with Crippen LogP contribution >= 0.6 is 31.9 Å². The van der Waals surface area contributed by atoms with Gasteiger partial charge < -0.3 is 19.5 Å². The van der Waals surface area contributed by atoms with Crippen LogP contribution in [0.15, 0.2) is 21.1 Å². The largest absolute Gasteiger partial charge is 0.492 e. The van der Waals surface area contributed by atoms with E-state index in [4.69, 9.17) is 14.2 Å². The van der Waals surface area contributed by atoms with Gasteiger partial charge in [-0.15, -0.1) is 0 Å². The van der Waals surface area contributed by atoms with E-state index in [0.717, 1.165) is 20.3 Å². The number of hydrogen-bond donors (Lipinski definition) is 1. The molecule has 0 heterocycles. The molecule has 0 saturated heterocycles. The fourth-order valence-corrected chi connectivity index (χ4v) is 3.07. The Morgan fingerprint density at radius 3 is 2.47 bits per heavy atom. The maximum absolute atomic E-state index is 5.66. The Kier molecular flexibility index (Phi) is 7.94. The molecule has 1 N–H and O–H groups in total. The number of methoxy groups -OCH3 is 2. The summed E-state index contributed by atoms with van der Waals surface area (Å²) in [6.07, 6.45) is -0.244. The molecular weight excluding hydrogens is 378 g/mol. The normalized spacial score (nSPS) is 11.1. The number of hydrogen-bond acceptors (Lipinski definition) is 4. The molecule has 0 bridgehead atoms. The first-order chi connectivity index (χ1) is 9.12. The number of rotatable bonds is 8. The van der Waals surface area contributed by atoms with Gasteiger partial charge in [-0.1, -0.05) is 15.9 Å². The molecule has 0 amide bonds. The van der Waals surface area contributed by atoms with Gasteiger partial charge in [0.2, 0.25) is 0 Å². The first-order valence-corrected chi connectivity index (χ1v) is 7.58. The molecule has 0 aliphatic carbocycles. The molecule has 0 spiro atoms. The lowest BCUT2D eigenvalue weighted by molar-refractivity contribution is -0.0989. The Balaban J connectivity index is 2.70. The van der Waals surface area contributed by atoms with Crippen LogP contribution < -0.4 is 10.1 Å². The lowest BCUT2D eigenvalue weighted by Gasteiger charge is -2.16. The van der Waals surface area contributed by atoms with E-state index in [0.29, 0.717) is 19.7 Å². The van der Waals surface area contributed by atoms with E-state index in [-0.39, 0.29) is 6.29 Å². The van der Waals surface area contributed by atoms with Crippen LogP contribution in [-0.4, -0.2) is 33.7 Å². The van der Waals surface area contributed by atoms with Gasteiger partial charge in [-0.05, 0) is 35.0 Å². The Morgan fingerprint density at radius 2 is 1.89 bits per heavy atom. The SMILES string of the molecule is CCOc1c(Br)cc(Br)cc1CNCC(OC)OC. The van der Waals surface area contributed by atoms with Crippen LogP contribution in [-0.2, 0) is 16.0 Å². The van der Waals surface area contributed by atoms with Crippen molar-refractivity contribution in [1.82, 2.24) is 5.32 Å². The molecule has 108 valence electrons. The van der Waals surface area contributed by atoms with Gasteiger partial charge in [-0.2, -0.15) is 0 Å². The van der Waals surface area contributed by atoms with Gasteiger partial charge in [-0.3, -0.25) is 0 Å². The molecule has 0 saturated carbocycles. The zero-order valence-corrected chi connectivity index (χ0v) is 14.5. The number of benzene rings is 1. The summed E-state index contributed by atoms with van der Waals surface area (Å²) in [6, 6.07) is 4.01. The van der Waals surface area contributed by atoms with Crippen molar-refractivity contribution in [1.29, 1.82) is 0 Å². The van der Waals surface area contributed by atoms with Gasteiger partial charge in [0.1, 0.15) is 5.75 Å². The van der Waals surface area contributed by atoms with Crippen molar-refractivity contribution in [2.75, 3.05) is 27.4 Å². The predicted molar refractivity (Wildman–Crippen MR) is 82.5 cm³/mol. The van der Waals surface area contributed by atoms with E-state index < -0.39 is 0 Å². The second-order valence-electron chi connectivity index (χ2n) is 3.84. The van der Waals surface area contributed by atoms with E-state index >= 15 is 0 Å². The first-order valence-electron chi connectivity index (χ1n) is 5.99. The predicted octanol–water partition coefficient (Wildman–Crippen LogP) is 3.32. The topological polar surface area (TPSA) is 39.7 Å². The third-order valence-corrected chi connectivity index (χ3v) is 3.57. The molecule has 0 radical (unpaired) electrons. The van der Waals surface area contributed by atoms with Gasteiger partial charge in [-0.25, -0.2) is 0 Å². The number of nitrogens with one attached hydrogen (secondary N) is 1. The molecule has 0 aliphatic heterocycles. The van der Waals surface area contributed by atoms with Crippen molar-refractivity contribution in [3.8, 4) is 5.75 Å². The molecule has 6 heteroatoms. The maximum Gasteiger partial charge on any atom is 0.169 e. The Bertz CT molecular complexity index is 398. The molecule has 1 aromatic rings. The molecule has 0 atom stereocenters. The third kappa shape index (κ3) is 5.39. The van der Waals surface area contributed by atoms with E-state index in [1.165, 1.54) is 0 Å². The highest BCUT2D eigenvalue weighted by atomic mass is 79.9. The van der Waals surface area contributed by atoms with E-state index in [9.17, 15) is 0 Å². The van der Waals surface area contributed by atoms with Crippen molar-refractivity contribution in [3.63, 3.8) is 0 Å². The molecule has 0 unspecified atom stereocenters. The lowest BCUT2D eigenvalue weighted by Crippen LogP contribution is -2.29. The van der Waals surface area contributed by atoms with E-state index in [1.807, 2.05) is 19.1 Å². The highest BCUT2D eigenvalue weighted by Gasteiger charge is 2.11. The summed E-state index contributed by atoms with van der Waals surface area (Å²) >= 11 is 7.00. The standard InChI is InChI=1S/C13H19Br2NO3/c1-4-19-13-9(5-10(14)6-11(13)15)7-16-8-12(17-2)18-3/h5-6,12,16H,4,7-8H2,1-3H3. The highest BCUT2D eigenvalue weighted by Crippen LogP contribution is 2.32. The van der Waals surface area contributed by atoms with Crippen LogP contribution in [0.3, 0.4) is 0 Å². The van der Waals surface area contributed by atoms with Gasteiger partial charge in [0.05, 0.1) is 11.1 Å². The van der Waals surface area contributed by atoms with Crippen LogP contribution in [0.25, 0.3) is 0 Å². The van der Waals surface area contributed by atoms with Crippen molar-refractivity contribution in [2.24, 2.45) is 0 Å². The van der Waals surface area contributed by atoms with Gasteiger partial charge >= 0.3 is 0 Å². The van der Waals surface area contributed by atoms with Gasteiger partial charge in [0.15, 0.2) is 6.29 Å². The summed E-state index contributed by atoms with van der Waals surface area (Å²) in [5.41, 5.74) is 1.08. The minimum atomic E-state index is -0.244. The van der Waals surface area contributed by atoms with Crippen LogP contribution in [0.5, 0.6) is 5.75 Å². The maximum atomic E-state index is 5.66. The molecule has 0 fully saturated rings. The highest BCUT2D eigenvalue weighted by molar-refractivity contribution is 9.11. The van der Waals surface area contributed by atoms with Crippen molar-refractivity contribution in [2.45, 2.75) is 19.8 Å². The summed E-state index contributed by atoms with van der Waals surface area (Å²) in [5, 5.41) is 3.29. The molecular formula is C13H19Br2NO3. The first kappa shape index (κ1) is 16.9. The number of halogens is 2. The van der Waals surface area contributed by atoms with Crippen LogP contribution in [0, 0.1) is 0 Å². The molecule has 19 heavy (non-hydrogen) atoms. The second kappa shape index (κ2) is 8.92. The quantitative estimate of drug-likeness (QED) is 0.684. The zero-order chi connectivity index (χ0) is 14.3. The smallest absolute Gasteiger partial charge is 0.169 e. The van der Waals surface area contributed by atoms with Gasteiger partial charge in [0.25, 0.3) is 0 Å². The third-order valence-electron chi connectivity index (χ3n) is 2.53. The summed E-state index contributed by atoms with van der Waals surface area (Å²) in [6.45, 7) is 3.89. The molecule has 1 aromatic carbocycles. The van der Waals surface area contributed by atoms with Crippen LogP contribution in [0.2, 0.25) is 0 Å². The average Bonchev–Trinajstić information content (AvgIpc) is 2.38. The van der Waals surface area contributed by atoms with Gasteiger partial charge in [0, 0.05) is 37.3 Å². The van der Waals surface area contributed by atoms with E-state index in [1.54, 1.807) is 14.2 Å². The summed E-state index contributed by atoms with van der Waals surface area (Å²) in [7, 11) is 3.24. The van der Waals surface area contributed by atoms with Crippen molar-refractivity contribution in [3.05, 3.63) is 26.6 Å². The van der Waals surface area contributed by atoms with Crippen LogP contribution in [0.4, 0.5) is 0 Å². The fourth-order valence-electron chi connectivity index (χ4n) is 1.64. The lowest BCUT2D eigenvalue weighted by atomic mass is 10.2. The molecule has 4 nitrogen and oxygen atoms in total. The van der Waals surface area contributed by atoms with Crippen LogP contribution in [0.1, 0.15) is 12.5 Å². The minimum Gasteiger partial charge on any atom is -0.492 e. The van der Waals surface area contributed by atoms with Crippen molar-refractivity contribution < 1.29 is 14.2 Å². The summed E-state index contributed by atoms with van der Waals surface area (Å²) in [5.74, 6) is 0.865. The number of ether oxygens (including phenoxy) is 3. The fraction of sp³-hybridized carbons (Fsp3) is 0.538. The summed E-state index contributed by atoms with van der Waals surface area (Å²) in [4.78, 5) is 0.